The lowest BCUT2D eigenvalue weighted by Crippen LogP contribution is -2.28. The Morgan fingerprint density at radius 3 is 2.92 bits per heavy atom. The molecule has 136 valence electrons. The maximum absolute atomic E-state index is 11.1. The minimum absolute atomic E-state index is 0.120. The summed E-state index contributed by atoms with van der Waals surface area (Å²) in [7, 11) is 1.72. The smallest absolute Gasteiger partial charge is 0.330 e. The molecule has 25 heavy (non-hydrogen) atoms. The van der Waals surface area contributed by atoms with Crippen molar-refractivity contribution < 1.29 is 19.0 Å². The molecule has 4 heteroatoms. The van der Waals surface area contributed by atoms with Crippen molar-refractivity contribution in [3.05, 3.63) is 59.9 Å². The average Bonchev–Trinajstić information content (AvgIpc) is 2.98. The first-order valence-electron chi connectivity index (χ1n) is 9.00. The van der Waals surface area contributed by atoms with E-state index in [1.165, 1.54) is 18.1 Å². The van der Waals surface area contributed by atoms with E-state index >= 15 is 0 Å². The topological polar surface area (TPSA) is 44.8 Å². The molecule has 0 aromatic carbocycles. The Bertz CT molecular complexity index is 581. The van der Waals surface area contributed by atoms with Gasteiger partial charge in [-0.25, -0.2) is 4.79 Å². The molecule has 2 aliphatic rings. The molecule has 0 amide bonds. The molecular weight excluding hydrogens is 316 g/mol. The van der Waals surface area contributed by atoms with Crippen molar-refractivity contribution in [3.63, 3.8) is 0 Å². The standard InChI is InChI=1S/C21H28O4/c1-3-24-20(22)14-10-8-6-4-5-7-9-12-17-16-19(23-2)21-18(17)13-11-15-25-21/h4-6,8,10,12,14,16,18,21H,3,7,9,11,13,15H2,1-2H3/b5-4+,8-6+,14-10+,17-12-. The zero-order valence-corrected chi connectivity index (χ0v) is 15.1. The summed E-state index contributed by atoms with van der Waals surface area (Å²) >= 11 is 0. The summed E-state index contributed by atoms with van der Waals surface area (Å²) < 4.78 is 16.1. The third-order valence-electron chi connectivity index (χ3n) is 4.28. The van der Waals surface area contributed by atoms with Gasteiger partial charge in [0.25, 0.3) is 0 Å². The number of fused-ring (bicyclic) bond motifs is 1. The van der Waals surface area contributed by atoms with Gasteiger partial charge in [0, 0.05) is 18.6 Å². The normalized spacial score (nSPS) is 25.0. The highest BCUT2D eigenvalue weighted by Crippen LogP contribution is 2.39. The van der Waals surface area contributed by atoms with Crippen LogP contribution in [0.3, 0.4) is 0 Å². The number of carbonyl (C=O) groups is 1. The lowest BCUT2D eigenvalue weighted by molar-refractivity contribution is -0.137. The van der Waals surface area contributed by atoms with Gasteiger partial charge in [0.15, 0.2) is 0 Å². The van der Waals surface area contributed by atoms with E-state index in [1.54, 1.807) is 20.1 Å². The van der Waals surface area contributed by atoms with Gasteiger partial charge in [-0.3, -0.25) is 0 Å². The summed E-state index contributed by atoms with van der Waals surface area (Å²) in [5.74, 6) is 1.11. The van der Waals surface area contributed by atoms with Crippen molar-refractivity contribution in [2.75, 3.05) is 20.3 Å². The summed E-state index contributed by atoms with van der Waals surface area (Å²) in [5, 5.41) is 0. The van der Waals surface area contributed by atoms with Crippen molar-refractivity contribution in [1.29, 1.82) is 0 Å². The zero-order valence-electron chi connectivity index (χ0n) is 15.1. The van der Waals surface area contributed by atoms with E-state index in [9.17, 15) is 4.79 Å². The summed E-state index contributed by atoms with van der Waals surface area (Å²) in [5.41, 5.74) is 1.35. The fourth-order valence-electron chi connectivity index (χ4n) is 3.12. The molecule has 4 nitrogen and oxygen atoms in total. The lowest BCUT2D eigenvalue weighted by atomic mass is 9.91. The minimum Gasteiger partial charge on any atom is -0.498 e. The fourth-order valence-corrected chi connectivity index (χ4v) is 3.12. The molecule has 0 spiro atoms. The van der Waals surface area contributed by atoms with Gasteiger partial charge in [0.1, 0.15) is 11.9 Å². The van der Waals surface area contributed by atoms with Gasteiger partial charge in [0.2, 0.25) is 0 Å². The molecule has 1 aliphatic carbocycles. The van der Waals surface area contributed by atoms with Crippen molar-refractivity contribution in [2.45, 2.75) is 38.7 Å². The predicted octanol–water partition coefficient (Wildman–Crippen LogP) is 4.26. The predicted molar refractivity (Wildman–Crippen MR) is 98.9 cm³/mol. The van der Waals surface area contributed by atoms with Crippen LogP contribution in [0.5, 0.6) is 0 Å². The molecule has 1 aliphatic heterocycles. The Morgan fingerprint density at radius 1 is 1.28 bits per heavy atom. The molecule has 1 saturated heterocycles. The molecule has 2 rings (SSSR count). The van der Waals surface area contributed by atoms with Crippen LogP contribution < -0.4 is 0 Å². The van der Waals surface area contributed by atoms with E-state index in [-0.39, 0.29) is 12.1 Å². The van der Waals surface area contributed by atoms with Crippen LogP contribution in [0, 0.1) is 5.92 Å². The Morgan fingerprint density at radius 2 is 2.12 bits per heavy atom. The highest BCUT2D eigenvalue weighted by atomic mass is 16.5. The Hall–Kier alpha value is -2.07. The Balaban J connectivity index is 1.73. The number of unbranched alkanes of at least 4 members (excludes halogenated alkanes) is 1. The zero-order chi connectivity index (χ0) is 17.9. The number of ether oxygens (including phenoxy) is 3. The summed E-state index contributed by atoms with van der Waals surface area (Å²) in [6.07, 6.45) is 19.8. The maximum Gasteiger partial charge on any atom is 0.330 e. The second kappa shape index (κ2) is 10.7. The number of hydrogen-bond donors (Lipinski definition) is 0. The number of rotatable bonds is 8. The first-order chi connectivity index (χ1) is 12.3. The summed E-state index contributed by atoms with van der Waals surface area (Å²) in [6.45, 7) is 3.02. The van der Waals surface area contributed by atoms with Gasteiger partial charge in [-0.1, -0.05) is 36.5 Å². The number of carbonyl (C=O) groups excluding carboxylic acids is 1. The van der Waals surface area contributed by atoms with E-state index in [0.29, 0.717) is 12.5 Å². The molecule has 2 unspecified atom stereocenters. The maximum atomic E-state index is 11.1. The SMILES string of the molecule is CCOC(=O)/C=C/C=C/C=C/CC/C=C1/C=C(OC)C2OCCCC12. The van der Waals surface area contributed by atoms with Crippen LogP contribution in [-0.4, -0.2) is 32.4 Å². The molecular formula is C21H28O4. The van der Waals surface area contributed by atoms with Crippen molar-refractivity contribution in [3.8, 4) is 0 Å². The van der Waals surface area contributed by atoms with Crippen LogP contribution in [0.25, 0.3) is 0 Å². The Labute approximate surface area is 150 Å². The molecule has 2 atom stereocenters. The average molecular weight is 344 g/mol. The van der Waals surface area contributed by atoms with Gasteiger partial charge < -0.3 is 14.2 Å². The van der Waals surface area contributed by atoms with Crippen molar-refractivity contribution >= 4 is 5.97 Å². The molecule has 1 fully saturated rings. The van der Waals surface area contributed by atoms with Gasteiger partial charge in [0.05, 0.1) is 13.7 Å². The second-order valence-electron chi connectivity index (χ2n) is 6.00. The van der Waals surface area contributed by atoms with E-state index in [1.807, 2.05) is 18.2 Å². The van der Waals surface area contributed by atoms with E-state index in [4.69, 9.17) is 14.2 Å². The first-order valence-corrected chi connectivity index (χ1v) is 9.00. The van der Waals surface area contributed by atoms with Crippen LogP contribution in [0.2, 0.25) is 0 Å². The number of allylic oxidation sites excluding steroid dienone is 7. The van der Waals surface area contributed by atoms with E-state index in [0.717, 1.165) is 31.6 Å². The van der Waals surface area contributed by atoms with Gasteiger partial charge in [-0.15, -0.1) is 0 Å². The van der Waals surface area contributed by atoms with Crippen LogP contribution in [0.15, 0.2) is 59.9 Å². The fraction of sp³-hybridized carbons (Fsp3) is 0.476. The number of hydrogen-bond acceptors (Lipinski definition) is 4. The number of methoxy groups -OCH3 is 1. The lowest BCUT2D eigenvalue weighted by Gasteiger charge is -2.28. The van der Waals surface area contributed by atoms with Crippen LogP contribution in [0.1, 0.15) is 32.6 Å². The van der Waals surface area contributed by atoms with Crippen molar-refractivity contribution in [1.82, 2.24) is 0 Å². The molecule has 0 N–H and O–H groups in total. The van der Waals surface area contributed by atoms with Gasteiger partial charge in [-0.05, 0) is 44.3 Å². The highest BCUT2D eigenvalue weighted by molar-refractivity contribution is 5.82. The molecule has 0 aromatic heterocycles. The van der Waals surface area contributed by atoms with Gasteiger partial charge >= 0.3 is 5.97 Å². The third kappa shape index (κ3) is 6.05. The summed E-state index contributed by atoms with van der Waals surface area (Å²) in [6, 6.07) is 0. The number of esters is 1. The molecule has 0 bridgehead atoms. The van der Waals surface area contributed by atoms with Crippen LogP contribution in [0.4, 0.5) is 0 Å². The quantitative estimate of drug-likeness (QED) is 0.286. The van der Waals surface area contributed by atoms with E-state index in [2.05, 4.69) is 18.2 Å². The van der Waals surface area contributed by atoms with Crippen LogP contribution in [-0.2, 0) is 19.0 Å². The first kappa shape index (κ1) is 19.3. The monoisotopic (exact) mass is 344 g/mol. The highest BCUT2D eigenvalue weighted by Gasteiger charge is 2.36. The largest absolute Gasteiger partial charge is 0.498 e. The van der Waals surface area contributed by atoms with Crippen LogP contribution >= 0.6 is 0 Å². The van der Waals surface area contributed by atoms with Crippen molar-refractivity contribution in [2.24, 2.45) is 5.92 Å². The van der Waals surface area contributed by atoms with Gasteiger partial charge in [-0.2, -0.15) is 0 Å². The third-order valence-corrected chi connectivity index (χ3v) is 4.28. The molecule has 0 aromatic rings. The second-order valence-corrected chi connectivity index (χ2v) is 6.00. The Kier molecular flexibility index (Phi) is 8.26. The molecule has 1 heterocycles. The minimum atomic E-state index is -0.312. The van der Waals surface area contributed by atoms with E-state index < -0.39 is 0 Å². The molecule has 0 saturated carbocycles. The molecule has 0 radical (unpaired) electrons. The summed E-state index contributed by atoms with van der Waals surface area (Å²) in [4.78, 5) is 11.1.